The number of benzene rings is 1. The second-order valence-electron chi connectivity index (χ2n) is 6.02. The number of hydrogen-bond acceptors (Lipinski definition) is 2. The zero-order valence-electron chi connectivity index (χ0n) is 12.5. The normalized spacial score (nSPS) is 22.6. The van der Waals surface area contributed by atoms with Crippen molar-refractivity contribution in [2.75, 3.05) is 6.54 Å². The van der Waals surface area contributed by atoms with Crippen molar-refractivity contribution in [3.63, 3.8) is 0 Å². The maximum Gasteiger partial charge on any atom is 0.224 e. The highest BCUT2D eigenvalue weighted by atomic mass is 16.3. The van der Waals surface area contributed by atoms with Crippen LogP contribution in [0.4, 0.5) is 0 Å². The molecule has 1 aliphatic rings. The van der Waals surface area contributed by atoms with E-state index in [1.807, 2.05) is 13.8 Å². The minimum atomic E-state index is -0.246. The topological polar surface area (TPSA) is 49.3 Å². The van der Waals surface area contributed by atoms with E-state index in [4.69, 9.17) is 0 Å². The molecule has 1 aromatic carbocycles. The molecule has 2 unspecified atom stereocenters. The van der Waals surface area contributed by atoms with Crippen molar-refractivity contribution >= 4 is 5.91 Å². The summed E-state index contributed by atoms with van der Waals surface area (Å²) in [7, 11) is 0. The lowest BCUT2D eigenvalue weighted by molar-refractivity contribution is -0.120. The molecule has 2 N–H and O–H groups in total. The van der Waals surface area contributed by atoms with Crippen LogP contribution in [-0.4, -0.2) is 23.7 Å². The number of aliphatic hydroxyl groups is 1. The van der Waals surface area contributed by atoms with Crippen molar-refractivity contribution in [1.29, 1.82) is 0 Å². The molecule has 1 aliphatic carbocycles. The Morgan fingerprint density at radius 3 is 2.80 bits per heavy atom. The van der Waals surface area contributed by atoms with Gasteiger partial charge in [-0.05, 0) is 37.8 Å². The van der Waals surface area contributed by atoms with Gasteiger partial charge in [0.1, 0.15) is 0 Å². The van der Waals surface area contributed by atoms with Crippen molar-refractivity contribution < 1.29 is 9.90 Å². The van der Waals surface area contributed by atoms with Crippen LogP contribution in [0, 0.1) is 19.8 Å². The van der Waals surface area contributed by atoms with E-state index in [1.165, 1.54) is 5.56 Å². The van der Waals surface area contributed by atoms with Crippen molar-refractivity contribution in [3.8, 4) is 0 Å². The van der Waals surface area contributed by atoms with Gasteiger partial charge < -0.3 is 10.4 Å². The summed E-state index contributed by atoms with van der Waals surface area (Å²) in [6.07, 6.45) is 4.34. The number of aryl methyl sites for hydroxylation is 2. The molecule has 1 aromatic rings. The van der Waals surface area contributed by atoms with Crippen LogP contribution < -0.4 is 5.32 Å². The summed E-state index contributed by atoms with van der Waals surface area (Å²) in [5.41, 5.74) is 3.43. The van der Waals surface area contributed by atoms with Gasteiger partial charge in [0.15, 0.2) is 0 Å². The summed E-state index contributed by atoms with van der Waals surface area (Å²) in [5, 5.41) is 12.9. The summed E-state index contributed by atoms with van der Waals surface area (Å²) in [6, 6.07) is 6.20. The zero-order chi connectivity index (χ0) is 14.5. The predicted octanol–water partition coefficient (Wildman–Crippen LogP) is 2.51. The van der Waals surface area contributed by atoms with Gasteiger partial charge in [0.2, 0.25) is 5.91 Å². The van der Waals surface area contributed by atoms with Gasteiger partial charge in [0, 0.05) is 12.5 Å². The summed E-state index contributed by atoms with van der Waals surface area (Å²) in [6.45, 7) is 4.68. The Labute approximate surface area is 121 Å². The van der Waals surface area contributed by atoms with Crippen LogP contribution in [0.5, 0.6) is 0 Å². The molecule has 3 heteroatoms. The maximum absolute atomic E-state index is 12.0. The van der Waals surface area contributed by atoms with Gasteiger partial charge >= 0.3 is 0 Å². The Balaban J connectivity index is 1.84. The van der Waals surface area contributed by atoms with Gasteiger partial charge in [-0.3, -0.25) is 4.79 Å². The highest BCUT2D eigenvalue weighted by Gasteiger charge is 2.23. The van der Waals surface area contributed by atoms with Gasteiger partial charge in [-0.15, -0.1) is 0 Å². The third-order valence-electron chi connectivity index (χ3n) is 4.29. The Kier molecular flexibility index (Phi) is 5.18. The molecule has 110 valence electrons. The first-order chi connectivity index (χ1) is 9.56. The van der Waals surface area contributed by atoms with Gasteiger partial charge in [-0.2, -0.15) is 0 Å². The maximum atomic E-state index is 12.0. The zero-order valence-corrected chi connectivity index (χ0v) is 12.5. The number of amides is 1. The first kappa shape index (κ1) is 15.0. The van der Waals surface area contributed by atoms with E-state index >= 15 is 0 Å². The number of hydrogen-bond donors (Lipinski definition) is 2. The fourth-order valence-electron chi connectivity index (χ4n) is 2.90. The van der Waals surface area contributed by atoms with E-state index in [2.05, 4.69) is 23.5 Å². The van der Waals surface area contributed by atoms with Gasteiger partial charge in [-0.1, -0.05) is 36.6 Å². The van der Waals surface area contributed by atoms with Crippen LogP contribution in [0.15, 0.2) is 18.2 Å². The molecule has 0 aromatic heterocycles. The number of nitrogens with one attached hydrogen (secondary N) is 1. The molecule has 0 spiro atoms. The van der Waals surface area contributed by atoms with Crippen LogP contribution >= 0.6 is 0 Å². The van der Waals surface area contributed by atoms with Crippen LogP contribution in [0.2, 0.25) is 0 Å². The van der Waals surface area contributed by atoms with Crippen molar-refractivity contribution in [3.05, 3.63) is 34.9 Å². The molecule has 0 saturated heterocycles. The largest absolute Gasteiger partial charge is 0.393 e. The van der Waals surface area contributed by atoms with E-state index in [-0.39, 0.29) is 17.9 Å². The van der Waals surface area contributed by atoms with E-state index in [1.54, 1.807) is 0 Å². The van der Waals surface area contributed by atoms with Crippen LogP contribution in [0.1, 0.15) is 42.4 Å². The molecular formula is C17H25NO2. The standard InChI is InChI=1S/C17H25NO2/c1-12-7-8-13(2)15(9-12)10-17(20)18-11-14-5-3-4-6-16(14)19/h7-9,14,16,19H,3-6,10-11H2,1-2H3,(H,18,20). The smallest absolute Gasteiger partial charge is 0.224 e. The summed E-state index contributed by atoms with van der Waals surface area (Å²) < 4.78 is 0. The quantitative estimate of drug-likeness (QED) is 0.887. The molecule has 0 aliphatic heterocycles. The van der Waals surface area contributed by atoms with Crippen molar-refractivity contribution in [2.45, 2.75) is 52.1 Å². The molecule has 20 heavy (non-hydrogen) atoms. The highest BCUT2D eigenvalue weighted by Crippen LogP contribution is 2.23. The molecule has 2 rings (SSSR count). The molecule has 0 radical (unpaired) electrons. The molecule has 0 bridgehead atoms. The number of carbonyl (C=O) groups is 1. The SMILES string of the molecule is Cc1ccc(C)c(CC(=O)NCC2CCCCC2O)c1. The number of rotatable bonds is 4. The fraction of sp³-hybridized carbons (Fsp3) is 0.588. The molecule has 3 nitrogen and oxygen atoms in total. The predicted molar refractivity (Wildman–Crippen MR) is 80.6 cm³/mol. The summed E-state index contributed by atoms with van der Waals surface area (Å²) in [5.74, 6) is 0.280. The average molecular weight is 275 g/mol. The van der Waals surface area contributed by atoms with Crippen LogP contribution in [0.3, 0.4) is 0 Å². The van der Waals surface area contributed by atoms with Gasteiger partial charge in [-0.25, -0.2) is 0 Å². The van der Waals surface area contributed by atoms with E-state index in [0.29, 0.717) is 13.0 Å². The van der Waals surface area contributed by atoms with E-state index in [0.717, 1.165) is 36.8 Å². The third kappa shape index (κ3) is 4.07. The second kappa shape index (κ2) is 6.89. The lowest BCUT2D eigenvalue weighted by Gasteiger charge is -2.27. The first-order valence-electron chi connectivity index (χ1n) is 7.57. The summed E-state index contributed by atoms with van der Waals surface area (Å²) in [4.78, 5) is 12.0. The molecular weight excluding hydrogens is 250 g/mol. The van der Waals surface area contributed by atoms with Crippen molar-refractivity contribution in [1.82, 2.24) is 5.32 Å². The Morgan fingerprint density at radius 1 is 1.30 bits per heavy atom. The number of carbonyl (C=O) groups excluding carboxylic acids is 1. The lowest BCUT2D eigenvalue weighted by Crippen LogP contribution is -2.37. The average Bonchev–Trinajstić information content (AvgIpc) is 2.42. The fourth-order valence-corrected chi connectivity index (χ4v) is 2.90. The monoisotopic (exact) mass is 275 g/mol. The molecule has 1 fully saturated rings. The number of aliphatic hydroxyl groups excluding tert-OH is 1. The van der Waals surface area contributed by atoms with Crippen LogP contribution in [-0.2, 0) is 11.2 Å². The van der Waals surface area contributed by atoms with E-state index in [9.17, 15) is 9.90 Å². The Morgan fingerprint density at radius 2 is 2.05 bits per heavy atom. The summed E-state index contributed by atoms with van der Waals surface area (Å²) >= 11 is 0. The van der Waals surface area contributed by atoms with Crippen LogP contribution in [0.25, 0.3) is 0 Å². The van der Waals surface area contributed by atoms with Gasteiger partial charge in [0.25, 0.3) is 0 Å². The lowest BCUT2D eigenvalue weighted by atomic mass is 9.86. The minimum absolute atomic E-state index is 0.0523. The molecule has 2 atom stereocenters. The molecule has 1 amide bonds. The second-order valence-corrected chi connectivity index (χ2v) is 6.02. The Bertz CT molecular complexity index is 470. The van der Waals surface area contributed by atoms with Gasteiger partial charge in [0.05, 0.1) is 12.5 Å². The first-order valence-corrected chi connectivity index (χ1v) is 7.57. The Hall–Kier alpha value is -1.35. The highest BCUT2D eigenvalue weighted by molar-refractivity contribution is 5.79. The molecule has 1 saturated carbocycles. The molecule has 0 heterocycles. The minimum Gasteiger partial charge on any atom is -0.393 e. The third-order valence-corrected chi connectivity index (χ3v) is 4.29. The van der Waals surface area contributed by atoms with E-state index < -0.39 is 0 Å². The van der Waals surface area contributed by atoms with Crippen molar-refractivity contribution in [2.24, 2.45) is 5.92 Å².